The van der Waals surface area contributed by atoms with Gasteiger partial charge >= 0.3 is 0 Å². The van der Waals surface area contributed by atoms with Gasteiger partial charge in [0.15, 0.2) is 0 Å². The maximum Gasteiger partial charge on any atom is 0.229 e. The van der Waals surface area contributed by atoms with E-state index in [9.17, 15) is 9.90 Å². The highest BCUT2D eigenvalue weighted by atomic mass is 35.5. The molecule has 1 heterocycles. The third-order valence-corrected chi connectivity index (χ3v) is 7.88. The van der Waals surface area contributed by atoms with Crippen LogP contribution in [0.3, 0.4) is 0 Å². The molecule has 1 N–H and O–H groups in total. The van der Waals surface area contributed by atoms with E-state index in [2.05, 4.69) is 6.92 Å². The Bertz CT molecular complexity index is 798. The zero-order chi connectivity index (χ0) is 18.9. The number of rotatable bonds is 2. The molecule has 1 aliphatic heterocycles. The molecule has 6 rings (SSSR count). The van der Waals surface area contributed by atoms with Gasteiger partial charge in [0.2, 0.25) is 5.91 Å². The maximum absolute atomic E-state index is 13.8. The predicted octanol–water partition coefficient (Wildman–Crippen LogP) is 4.17. The first-order chi connectivity index (χ1) is 12.8. The van der Waals surface area contributed by atoms with Crippen LogP contribution in [0, 0.1) is 16.7 Å². The maximum atomic E-state index is 13.8. The fourth-order valence-electron chi connectivity index (χ4n) is 7.09. The highest BCUT2D eigenvalue weighted by Gasteiger charge is 2.65. The molecule has 5 heteroatoms. The molecule has 4 unspecified atom stereocenters. The number of hydrogen-bond donors (Lipinski definition) is 1. The SMILES string of the molecule is CCC12CC3CC(O)(C1)CC(C(=O)N1CCOc4ccc(Cl)cc4C1)(C3)C2. The fraction of sp³-hybridized carbons (Fsp3) is 0.682. The van der Waals surface area contributed by atoms with E-state index < -0.39 is 11.0 Å². The van der Waals surface area contributed by atoms with Crippen LogP contribution < -0.4 is 4.74 Å². The van der Waals surface area contributed by atoms with Gasteiger partial charge in [-0.3, -0.25) is 4.79 Å². The molecule has 1 amide bonds. The lowest BCUT2D eigenvalue weighted by Gasteiger charge is -2.64. The number of fused-ring (bicyclic) bond motifs is 1. The van der Waals surface area contributed by atoms with E-state index in [1.807, 2.05) is 23.1 Å². The van der Waals surface area contributed by atoms with Gasteiger partial charge in [0, 0.05) is 17.1 Å². The summed E-state index contributed by atoms with van der Waals surface area (Å²) in [7, 11) is 0. The minimum absolute atomic E-state index is 0.146. The smallest absolute Gasteiger partial charge is 0.229 e. The highest BCUT2D eigenvalue weighted by molar-refractivity contribution is 6.30. The summed E-state index contributed by atoms with van der Waals surface area (Å²) in [4.78, 5) is 15.8. The van der Waals surface area contributed by atoms with E-state index in [4.69, 9.17) is 16.3 Å². The van der Waals surface area contributed by atoms with Gasteiger partial charge in [0.05, 0.1) is 17.6 Å². The van der Waals surface area contributed by atoms with Gasteiger partial charge in [-0.25, -0.2) is 0 Å². The molecule has 5 aliphatic rings. The number of ether oxygens (including phenoxy) is 1. The molecule has 146 valence electrons. The van der Waals surface area contributed by atoms with Crippen LogP contribution in [0.25, 0.3) is 0 Å². The molecule has 1 aromatic rings. The summed E-state index contributed by atoms with van der Waals surface area (Å²) in [6.07, 6.45) is 6.51. The first kappa shape index (κ1) is 17.8. The van der Waals surface area contributed by atoms with E-state index in [0.717, 1.165) is 43.4 Å². The summed E-state index contributed by atoms with van der Waals surface area (Å²) >= 11 is 6.18. The Morgan fingerprint density at radius 2 is 2.15 bits per heavy atom. The second-order valence-corrected chi connectivity index (χ2v) is 10.1. The van der Waals surface area contributed by atoms with Gasteiger partial charge in [-0.05, 0) is 68.1 Å². The summed E-state index contributed by atoms with van der Waals surface area (Å²) in [5.74, 6) is 1.53. The van der Waals surface area contributed by atoms with E-state index in [1.54, 1.807) is 0 Å². The quantitative estimate of drug-likeness (QED) is 0.825. The third-order valence-electron chi connectivity index (χ3n) is 7.65. The van der Waals surface area contributed by atoms with E-state index in [-0.39, 0.29) is 11.3 Å². The number of halogens is 1. The van der Waals surface area contributed by atoms with Gasteiger partial charge in [0.25, 0.3) is 0 Å². The minimum Gasteiger partial charge on any atom is -0.491 e. The molecule has 4 aliphatic carbocycles. The topological polar surface area (TPSA) is 49.8 Å². The number of benzene rings is 1. The largest absolute Gasteiger partial charge is 0.491 e. The van der Waals surface area contributed by atoms with Crippen LogP contribution in [0.4, 0.5) is 0 Å². The number of nitrogens with zero attached hydrogens (tertiary/aromatic N) is 1. The van der Waals surface area contributed by atoms with Crippen molar-refractivity contribution in [2.75, 3.05) is 13.2 Å². The minimum atomic E-state index is -0.644. The van der Waals surface area contributed by atoms with Crippen LogP contribution in [0.5, 0.6) is 5.75 Å². The van der Waals surface area contributed by atoms with E-state index >= 15 is 0 Å². The molecule has 1 aromatic carbocycles. The first-order valence-corrected chi connectivity index (χ1v) is 10.7. The molecule has 4 bridgehead atoms. The summed E-state index contributed by atoms with van der Waals surface area (Å²) < 4.78 is 5.86. The van der Waals surface area contributed by atoms with Crippen molar-refractivity contribution in [3.05, 3.63) is 28.8 Å². The molecular formula is C22H28ClNO3. The summed E-state index contributed by atoms with van der Waals surface area (Å²) in [6.45, 7) is 3.86. The van der Waals surface area contributed by atoms with Crippen LogP contribution in [0.15, 0.2) is 18.2 Å². The molecule has 0 aromatic heterocycles. The van der Waals surface area contributed by atoms with Crippen molar-refractivity contribution in [1.29, 1.82) is 0 Å². The van der Waals surface area contributed by atoms with Gasteiger partial charge in [-0.1, -0.05) is 24.9 Å². The summed E-state index contributed by atoms with van der Waals surface area (Å²) in [5.41, 5.74) is 0.0805. The average molecular weight is 390 g/mol. The van der Waals surface area contributed by atoms with E-state index in [1.165, 1.54) is 6.42 Å². The van der Waals surface area contributed by atoms with Gasteiger partial charge in [-0.2, -0.15) is 0 Å². The Hall–Kier alpha value is -1.26. The Kier molecular flexibility index (Phi) is 3.87. The third kappa shape index (κ3) is 2.79. The van der Waals surface area contributed by atoms with Crippen LogP contribution in [0.2, 0.25) is 5.02 Å². The van der Waals surface area contributed by atoms with Crippen molar-refractivity contribution in [2.24, 2.45) is 16.7 Å². The number of carbonyl (C=O) groups excluding carboxylic acids is 1. The highest BCUT2D eigenvalue weighted by Crippen LogP contribution is 2.68. The van der Waals surface area contributed by atoms with Crippen LogP contribution >= 0.6 is 11.6 Å². The van der Waals surface area contributed by atoms with Crippen molar-refractivity contribution in [3.63, 3.8) is 0 Å². The van der Waals surface area contributed by atoms with Crippen molar-refractivity contribution >= 4 is 17.5 Å². The summed E-state index contributed by atoms with van der Waals surface area (Å²) in [6, 6.07) is 5.63. The normalized spacial score (nSPS) is 39.7. The number of carbonyl (C=O) groups is 1. The Balaban J connectivity index is 1.47. The zero-order valence-electron chi connectivity index (χ0n) is 16.0. The van der Waals surface area contributed by atoms with Gasteiger partial charge < -0.3 is 14.7 Å². The average Bonchev–Trinajstić information content (AvgIpc) is 2.80. The standard InChI is InChI=1S/C22H28ClNO3/c1-2-20-8-15-9-21(12-20,14-22(26,10-15)13-20)19(25)24-5-6-27-18-4-3-17(23)7-16(18)11-24/h3-4,7,15,26H,2,5-6,8-14H2,1H3. The van der Waals surface area contributed by atoms with Crippen molar-refractivity contribution < 1.29 is 14.6 Å². The number of hydrogen-bond acceptors (Lipinski definition) is 3. The molecule has 4 fully saturated rings. The molecule has 4 atom stereocenters. The lowest BCUT2D eigenvalue weighted by molar-refractivity contribution is -0.210. The molecular weight excluding hydrogens is 362 g/mol. The monoisotopic (exact) mass is 389 g/mol. The predicted molar refractivity (Wildman–Crippen MR) is 104 cm³/mol. The number of aliphatic hydroxyl groups is 1. The first-order valence-electron chi connectivity index (χ1n) is 10.3. The lowest BCUT2D eigenvalue weighted by Crippen LogP contribution is -2.64. The second-order valence-electron chi connectivity index (χ2n) is 9.69. The molecule has 4 saturated carbocycles. The zero-order valence-corrected chi connectivity index (χ0v) is 16.7. The molecule has 27 heavy (non-hydrogen) atoms. The summed E-state index contributed by atoms with van der Waals surface area (Å²) in [5, 5.41) is 11.9. The van der Waals surface area contributed by atoms with Gasteiger partial charge in [-0.15, -0.1) is 0 Å². The van der Waals surface area contributed by atoms with Gasteiger partial charge in [0.1, 0.15) is 12.4 Å². The molecule has 0 radical (unpaired) electrons. The fourth-order valence-corrected chi connectivity index (χ4v) is 7.28. The lowest BCUT2D eigenvalue weighted by atomic mass is 9.42. The molecule has 0 saturated heterocycles. The Morgan fingerprint density at radius 3 is 2.93 bits per heavy atom. The second kappa shape index (κ2) is 5.87. The van der Waals surface area contributed by atoms with Crippen molar-refractivity contribution in [2.45, 2.75) is 64.0 Å². The van der Waals surface area contributed by atoms with Crippen LogP contribution in [0.1, 0.15) is 57.4 Å². The molecule has 0 spiro atoms. The Labute approximate surface area is 165 Å². The van der Waals surface area contributed by atoms with Crippen LogP contribution in [-0.4, -0.2) is 34.7 Å². The van der Waals surface area contributed by atoms with Crippen molar-refractivity contribution in [3.8, 4) is 5.75 Å². The Morgan fingerprint density at radius 1 is 1.30 bits per heavy atom. The van der Waals surface area contributed by atoms with E-state index in [0.29, 0.717) is 37.1 Å². The van der Waals surface area contributed by atoms with Crippen molar-refractivity contribution in [1.82, 2.24) is 4.90 Å². The van der Waals surface area contributed by atoms with Crippen LogP contribution in [-0.2, 0) is 11.3 Å². The number of amides is 1. The molecule has 4 nitrogen and oxygen atoms in total.